The molecule has 0 heterocycles. The van der Waals surface area contributed by atoms with Gasteiger partial charge in [0.2, 0.25) is 0 Å². The number of hydrogen-bond donors (Lipinski definition) is 0. The third-order valence-corrected chi connectivity index (χ3v) is 3.26. The van der Waals surface area contributed by atoms with Crippen LogP contribution in [-0.4, -0.2) is 0 Å². The summed E-state index contributed by atoms with van der Waals surface area (Å²) in [6, 6.07) is 13.9. The second-order valence-corrected chi connectivity index (χ2v) is 4.19. The van der Waals surface area contributed by atoms with Crippen LogP contribution in [0.2, 0.25) is 0 Å². The van der Waals surface area contributed by atoms with Crippen molar-refractivity contribution in [1.29, 1.82) is 10.5 Å². The molecule has 1 aliphatic rings. The minimum atomic E-state index is 0.375. The summed E-state index contributed by atoms with van der Waals surface area (Å²) in [4.78, 5) is 0. The van der Waals surface area contributed by atoms with Crippen LogP contribution in [0.1, 0.15) is 16.7 Å². The fraction of sp³-hybridized carbons (Fsp3) is 0. The fourth-order valence-electron chi connectivity index (χ4n) is 2.38. The minimum absolute atomic E-state index is 0.375. The van der Waals surface area contributed by atoms with Gasteiger partial charge in [-0.05, 0) is 39.3 Å². The van der Waals surface area contributed by atoms with E-state index in [1.54, 1.807) is 6.07 Å². The Morgan fingerprint density at radius 3 is 2.50 bits per heavy atom. The number of nitrogens with zero attached hydrogens (tertiary/aromatic N) is 2. The van der Waals surface area contributed by atoms with Crippen molar-refractivity contribution in [2.45, 2.75) is 0 Å². The van der Waals surface area contributed by atoms with E-state index < -0.39 is 0 Å². The molecule has 1 aliphatic carbocycles. The van der Waals surface area contributed by atoms with Crippen LogP contribution in [-0.2, 0) is 0 Å². The molecule has 0 spiro atoms. The second kappa shape index (κ2) is 3.58. The van der Waals surface area contributed by atoms with Crippen molar-refractivity contribution in [1.82, 2.24) is 0 Å². The molecule has 2 aromatic carbocycles. The summed E-state index contributed by atoms with van der Waals surface area (Å²) < 4.78 is 0. The summed E-state index contributed by atoms with van der Waals surface area (Å²) in [6.45, 7) is 3.95. The molecule has 3 rings (SSSR count). The number of hydrogen-bond acceptors (Lipinski definition) is 2. The third-order valence-electron chi connectivity index (χ3n) is 3.26. The van der Waals surface area contributed by atoms with Gasteiger partial charge in [-0.3, -0.25) is 0 Å². The first-order valence-corrected chi connectivity index (χ1v) is 5.53. The van der Waals surface area contributed by atoms with Gasteiger partial charge in [-0.1, -0.05) is 30.8 Å². The first-order valence-electron chi connectivity index (χ1n) is 5.53. The van der Waals surface area contributed by atoms with Crippen LogP contribution < -0.4 is 10.4 Å². The van der Waals surface area contributed by atoms with E-state index in [4.69, 9.17) is 10.5 Å². The Bertz CT molecular complexity index is 862. The Morgan fingerprint density at radius 2 is 1.78 bits per heavy atom. The van der Waals surface area contributed by atoms with Gasteiger partial charge in [-0.15, -0.1) is 0 Å². The van der Waals surface area contributed by atoms with Gasteiger partial charge in [-0.2, -0.15) is 10.5 Å². The van der Waals surface area contributed by atoms with E-state index in [0.717, 1.165) is 21.9 Å². The van der Waals surface area contributed by atoms with Gasteiger partial charge in [-0.25, -0.2) is 0 Å². The van der Waals surface area contributed by atoms with E-state index in [-0.39, 0.29) is 0 Å². The highest BCUT2D eigenvalue weighted by Crippen LogP contribution is 2.26. The minimum Gasteiger partial charge on any atom is -0.192 e. The standard InChI is InChI=1S/C16H8N2/c1-10-14-6-11-4-2-3-5-13(11)15(14)7-12(8-17)16(10)9-18/h2-7H,1H2. The van der Waals surface area contributed by atoms with E-state index in [0.29, 0.717) is 16.3 Å². The van der Waals surface area contributed by atoms with Gasteiger partial charge in [0, 0.05) is 0 Å². The van der Waals surface area contributed by atoms with E-state index in [9.17, 15) is 0 Å². The maximum Gasteiger partial charge on any atom is 0.101 e. The summed E-state index contributed by atoms with van der Waals surface area (Å²) >= 11 is 0. The summed E-state index contributed by atoms with van der Waals surface area (Å²) in [6.07, 6.45) is 2.02. The summed E-state index contributed by atoms with van der Waals surface area (Å²) in [5.74, 6) is 0. The average Bonchev–Trinajstić information content (AvgIpc) is 2.77. The summed E-state index contributed by atoms with van der Waals surface area (Å²) in [5.41, 5.74) is 3.97. The molecule has 0 atom stereocenters. The molecule has 0 saturated carbocycles. The van der Waals surface area contributed by atoms with Gasteiger partial charge in [0.1, 0.15) is 12.1 Å². The zero-order chi connectivity index (χ0) is 12.7. The zero-order valence-electron chi connectivity index (χ0n) is 9.57. The third kappa shape index (κ3) is 1.21. The maximum absolute atomic E-state index is 9.12. The summed E-state index contributed by atoms with van der Waals surface area (Å²) in [5, 5.41) is 19.8. The molecule has 0 unspecified atom stereocenters. The lowest BCUT2D eigenvalue weighted by Gasteiger charge is -2.02. The monoisotopic (exact) mass is 228 g/mol. The van der Waals surface area contributed by atoms with Crippen molar-refractivity contribution in [2.24, 2.45) is 0 Å². The number of nitriles is 2. The predicted molar refractivity (Wildman–Crippen MR) is 69.6 cm³/mol. The van der Waals surface area contributed by atoms with Gasteiger partial charge in [0.05, 0.1) is 11.1 Å². The Morgan fingerprint density at radius 1 is 1.00 bits per heavy atom. The Kier molecular flexibility index (Phi) is 2.06. The molecule has 18 heavy (non-hydrogen) atoms. The molecule has 0 N–H and O–H groups in total. The molecular formula is C16H8N2. The van der Waals surface area contributed by atoms with E-state index in [2.05, 4.69) is 18.7 Å². The molecule has 2 nitrogen and oxygen atoms in total. The summed E-state index contributed by atoms with van der Waals surface area (Å²) in [7, 11) is 0. The van der Waals surface area contributed by atoms with Crippen LogP contribution in [0.15, 0.2) is 30.3 Å². The lowest BCUT2D eigenvalue weighted by Crippen LogP contribution is -2.27. The Balaban J connectivity index is 2.50. The first kappa shape index (κ1) is 10.3. The van der Waals surface area contributed by atoms with Crippen molar-refractivity contribution in [3.05, 3.63) is 57.5 Å². The van der Waals surface area contributed by atoms with Crippen molar-refractivity contribution in [2.75, 3.05) is 0 Å². The smallest absolute Gasteiger partial charge is 0.101 e. The number of rotatable bonds is 0. The largest absolute Gasteiger partial charge is 0.192 e. The van der Waals surface area contributed by atoms with Crippen molar-refractivity contribution in [3.8, 4) is 23.3 Å². The molecule has 0 aliphatic heterocycles. The van der Waals surface area contributed by atoms with Gasteiger partial charge in [0.25, 0.3) is 0 Å². The van der Waals surface area contributed by atoms with E-state index >= 15 is 0 Å². The topological polar surface area (TPSA) is 47.6 Å². The molecule has 82 valence electrons. The highest BCUT2D eigenvalue weighted by atomic mass is 14.3. The van der Waals surface area contributed by atoms with Crippen molar-refractivity contribution in [3.63, 3.8) is 0 Å². The molecule has 0 bridgehead atoms. The van der Waals surface area contributed by atoms with Crippen LogP contribution in [0.25, 0.3) is 23.8 Å². The molecule has 2 heteroatoms. The first-order chi connectivity index (χ1) is 8.76. The molecule has 0 aromatic heterocycles. The molecule has 0 radical (unpaired) electrons. The normalized spacial score (nSPS) is 10.8. The van der Waals surface area contributed by atoms with E-state index in [1.807, 2.05) is 30.3 Å². The molecule has 2 aromatic rings. The molecule has 0 fully saturated rings. The van der Waals surface area contributed by atoms with Gasteiger partial charge in [0.15, 0.2) is 0 Å². The Hall–Kier alpha value is -2.84. The highest BCUT2D eigenvalue weighted by molar-refractivity contribution is 5.84. The van der Waals surface area contributed by atoms with Crippen LogP contribution in [0.3, 0.4) is 0 Å². The highest BCUT2D eigenvalue weighted by Gasteiger charge is 2.15. The predicted octanol–water partition coefficient (Wildman–Crippen LogP) is 1.65. The SMILES string of the molecule is C=c1c(C#N)c(C#N)cc2c1=Cc1ccccc1-2. The van der Waals surface area contributed by atoms with Crippen molar-refractivity contribution < 1.29 is 0 Å². The lowest BCUT2D eigenvalue weighted by atomic mass is 9.98. The van der Waals surface area contributed by atoms with Gasteiger partial charge < -0.3 is 0 Å². The van der Waals surface area contributed by atoms with Crippen LogP contribution >= 0.6 is 0 Å². The van der Waals surface area contributed by atoms with Crippen LogP contribution in [0, 0.1) is 22.7 Å². The number of fused-ring (bicyclic) bond motifs is 3. The molecule has 0 amide bonds. The lowest BCUT2D eigenvalue weighted by molar-refractivity contribution is 1.39. The van der Waals surface area contributed by atoms with Crippen molar-refractivity contribution >= 4 is 12.7 Å². The quantitative estimate of drug-likeness (QED) is 0.587. The number of benzene rings is 2. The zero-order valence-corrected chi connectivity index (χ0v) is 9.57. The molecule has 0 saturated heterocycles. The van der Waals surface area contributed by atoms with Crippen LogP contribution in [0.4, 0.5) is 0 Å². The second-order valence-electron chi connectivity index (χ2n) is 4.19. The van der Waals surface area contributed by atoms with Crippen LogP contribution in [0.5, 0.6) is 0 Å². The Labute approximate surface area is 104 Å². The van der Waals surface area contributed by atoms with E-state index in [1.165, 1.54) is 0 Å². The molecular weight excluding hydrogens is 220 g/mol. The van der Waals surface area contributed by atoms with Gasteiger partial charge >= 0.3 is 0 Å². The average molecular weight is 228 g/mol. The maximum atomic E-state index is 9.12. The fourth-order valence-corrected chi connectivity index (χ4v) is 2.38.